The lowest BCUT2D eigenvalue weighted by molar-refractivity contribution is 0.453. The fourth-order valence-corrected chi connectivity index (χ4v) is 1.43. The normalized spacial score (nSPS) is 10.1. The lowest BCUT2D eigenvalue weighted by Crippen LogP contribution is -2.11. The Morgan fingerprint density at radius 3 is 1.58 bits per heavy atom. The second kappa shape index (κ2) is 5.74. The summed E-state index contributed by atoms with van der Waals surface area (Å²) in [5, 5.41) is 0. The summed E-state index contributed by atoms with van der Waals surface area (Å²) in [4.78, 5) is 0. The van der Waals surface area contributed by atoms with Crippen LogP contribution in [0.25, 0.3) is 0 Å². The quantitative estimate of drug-likeness (QED) is 0.783. The molecule has 0 bridgehead atoms. The van der Waals surface area contributed by atoms with E-state index in [-0.39, 0.29) is 11.6 Å². The first-order valence-corrected chi connectivity index (χ1v) is 5.73. The lowest BCUT2D eigenvalue weighted by atomic mass is 10.2. The van der Waals surface area contributed by atoms with Gasteiger partial charge in [0.05, 0.1) is 0 Å². The van der Waals surface area contributed by atoms with Crippen LogP contribution in [0.2, 0.25) is 0 Å². The van der Waals surface area contributed by atoms with E-state index in [9.17, 15) is 8.78 Å². The SMILES string of the molecule is Cc1ccc(O[B]Oc2ccc(C)c(F)c2)cc1F. The first kappa shape index (κ1) is 13.4. The molecule has 2 rings (SSSR count). The smallest absolute Gasteiger partial charge is 0.526 e. The monoisotopic (exact) mass is 261 g/mol. The minimum Gasteiger partial charge on any atom is -0.526 e. The number of aryl methyl sites for hydroxylation is 2. The Morgan fingerprint density at radius 1 is 0.789 bits per heavy atom. The average molecular weight is 261 g/mol. The molecule has 0 N–H and O–H groups in total. The van der Waals surface area contributed by atoms with Crippen LogP contribution in [0.4, 0.5) is 8.78 Å². The van der Waals surface area contributed by atoms with Gasteiger partial charge in [-0.15, -0.1) is 0 Å². The highest BCUT2D eigenvalue weighted by molar-refractivity contribution is 6.20. The summed E-state index contributed by atoms with van der Waals surface area (Å²) >= 11 is 0. The summed E-state index contributed by atoms with van der Waals surface area (Å²) in [6, 6.07) is 8.95. The second-order valence-electron chi connectivity index (χ2n) is 4.15. The molecule has 2 aromatic rings. The summed E-state index contributed by atoms with van der Waals surface area (Å²) in [6.07, 6.45) is 0. The summed E-state index contributed by atoms with van der Waals surface area (Å²) in [5.41, 5.74) is 1.07. The average Bonchev–Trinajstić information content (AvgIpc) is 2.38. The molecule has 0 fully saturated rings. The van der Waals surface area contributed by atoms with E-state index in [1.165, 1.54) is 12.1 Å². The zero-order valence-electron chi connectivity index (χ0n) is 10.6. The largest absolute Gasteiger partial charge is 0.658 e. The van der Waals surface area contributed by atoms with Crippen LogP contribution in [-0.4, -0.2) is 7.69 Å². The molecule has 1 radical (unpaired) electrons. The molecule has 2 nitrogen and oxygen atoms in total. The van der Waals surface area contributed by atoms with Crippen molar-refractivity contribution >= 4 is 7.69 Å². The van der Waals surface area contributed by atoms with E-state index in [0.717, 1.165) is 7.69 Å². The summed E-state index contributed by atoms with van der Waals surface area (Å²) in [6.45, 7) is 3.32. The van der Waals surface area contributed by atoms with E-state index >= 15 is 0 Å². The van der Waals surface area contributed by atoms with Crippen LogP contribution in [0.15, 0.2) is 36.4 Å². The molecule has 0 spiro atoms. The van der Waals surface area contributed by atoms with Crippen LogP contribution < -0.4 is 9.31 Å². The Kier molecular flexibility index (Phi) is 4.05. The highest BCUT2D eigenvalue weighted by Gasteiger charge is 2.05. The predicted octanol–water partition coefficient (Wildman–Crippen LogP) is 3.57. The maximum absolute atomic E-state index is 13.2. The Labute approximate surface area is 111 Å². The van der Waals surface area contributed by atoms with E-state index < -0.39 is 0 Å². The molecule has 0 amide bonds. The zero-order chi connectivity index (χ0) is 13.8. The highest BCUT2D eigenvalue weighted by atomic mass is 19.1. The fraction of sp³-hybridized carbons (Fsp3) is 0.143. The van der Waals surface area contributed by atoms with Crippen molar-refractivity contribution < 1.29 is 18.1 Å². The molecule has 5 heteroatoms. The molecule has 97 valence electrons. The van der Waals surface area contributed by atoms with Gasteiger partial charge in [0, 0.05) is 12.1 Å². The van der Waals surface area contributed by atoms with Gasteiger partial charge < -0.3 is 9.31 Å². The molecule has 0 unspecified atom stereocenters. The summed E-state index contributed by atoms with van der Waals surface area (Å²) in [5.74, 6) is -0.0778. The highest BCUT2D eigenvalue weighted by Crippen LogP contribution is 2.17. The molecular formula is C14H12BF2O2. The number of halogens is 2. The van der Waals surface area contributed by atoms with E-state index in [4.69, 9.17) is 9.31 Å². The third kappa shape index (κ3) is 3.47. The Bertz CT molecular complexity index is 536. The maximum Gasteiger partial charge on any atom is 0.658 e. The van der Waals surface area contributed by atoms with Gasteiger partial charge in [0.2, 0.25) is 0 Å². The molecular weight excluding hydrogens is 249 g/mol. The number of hydrogen-bond donors (Lipinski definition) is 0. The van der Waals surface area contributed by atoms with Crippen molar-refractivity contribution in [2.75, 3.05) is 0 Å². The summed E-state index contributed by atoms with van der Waals surface area (Å²) in [7, 11) is 1.04. The molecule has 19 heavy (non-hydrogen) atoms. The molecule has 0 aromatic heterocycles. The van der Waals surface area contributed by atoms with Crippen LogP contribution in [0.1, 0.15) is 11.1 Å². The van der Waals surface area contributed by atoms with Crippen molar-refractivity contribution in [3.8, 4) is 11.5 Å². The number of benzene rings is 2. The van der Waals surface area contributed by atoms with Crippen LogP contribution in [0.3, 0.4) is 0 Å². The van der Waals surface area contributed by atoms with Crippen molar-refractivity contribution in [1.82, 2.24) is 0 Å². The van der Waals surface area contributed by atoms with Gasteiger partial charge in [0.25, 0.3) is 0 Å². The zero-order valence-corrected chi connectivity index (χ0v) is 10.6. The van der Waals surface area contributed by atoms with Gasteiger partial charge in [-0.05, 0) is 37.1 Å². The van der Waals surface area contributed by atoms with Crippen LogP contribution in [-0.2, 0) is 0 Å². The van der Waals surface area contributed by atoms with Gasteiger partial charge >= 0.3 is 7.69 Å². The first-order valence-electron chi connectivity index (χ1n) is 5.73. The minimum absolute atomic E-state index is 0.315. The van der Waals surface area contributed by atoms with Gasteiger partial charge in [-0.3, -0.25) is 0 Å². The third-order valence-electron chi connectivity index (χ3n) is 2.65. The topological polar surface area (TPSA) is 18.5 Å². The fourth-order valence-electron chi connectivity index (χ4n) is 1.43. The van der Waals surface area contributed by atoms with Crippen LogP contribution in [0, 0.1) is 25.5 Å². The molecule has 0 saturated heterocycles. The predicted molar refractivity (Wildman–Crippen MR) is 69.3 cm³/mol. The minimum atomic E-state index is -0.354. The third-order valence-corrected chi connectivity index (χ3v) is 2.65. The first-order chi connectivity index (χ1) is 9.06. The van der Waals surface area contributed by atoms with Crippen molar-refractivity contribution in [2.24, 2.45) is 0 Å². The van der Waals surface area contributed by atoms with Crippen molar-refractivity contribution in [1.29, 1.82) is 0 Å². The Balaban J connectivity index is 1.92. The van der Waals surface area contributed by atoms with Crippen molar-refractivity contribution in [3.63, 3.8) is 0 Å². The van der Waals surface area contributed by atoms with E-state index in [2.05, 4.69) is 0 Å². The van der Waals surface area contributed by atoms with E-state index in [1.807, 2.05) is 0 Å². The van der Waals surface area contributed by atoms with E-state index in [1.54, 1.807) is 38.1 Å². The van der Waals surface area contributed by atoms with Crippen molar-refractivity contribution in [3.05, 3.63) is 59.2 Å². The maximum atomic E-state index is 13.2. The molecule has 2 aromatic carbocycles. The molecule has 0 saturated carbocycles. The lowest BCUT2D eigenvalue weighted by Gasteiger charge is -2.07. The standard InChI is InChI=1S/C14H12BF2O2/c1-9-3-5-11(7-13(9)16)18-15-19-12-6-4-10(2)14(17)8-12/h3-8H,1-2H3. The van der Waals surface area contributed by atoms with Gasteiger partial charge in [-0.1, -0.05) is 12.1 Å². The summed E-state index contributed by atoms with van der Waals surface area (Å²) < 4.78 is 36.7. The number of rotatable bonds is 4. The van der Waals surface area contributed by atoms with Gasteiger partial charge in [0.15, 0.2) is 0 Å². The molecule has 0 aliphatic rings. The number of hydrogen-bond acceptors (Lipinski definition) is 2. The van der Waals surface area contributed by atoms with Crippen molar-refractivity contribution in [2.45, 2.75) is 13.8 Å². The van der Waals surface area contributed by atoms with E-state index in [0.29, 0.717) is 22.6 Å². The van der Waals surface area contributed by atoms with Gasteiger partial charge in [0.1, 0.15) is 23.1 Å². The Hall–Kier alpha value is -2.04. The van der Waals surface area contributed by atoms with Crippen LogP contribution >= 0.6 is 0 Å². The molecule has 0 heterocycles. The molecule has 0 aliphatic carbocycles. The second-order valence-corrected chi connectivity index (χ2v) is 4.15. The molecule has 0 aliphatic heterocycles. The Morgan fingerprint density at radius 2 is 1.21 bits per heavy atom. The van der Waals surface area contributed by atoms with Crippen LogP contribution in [0.5, 0.6) is 11.5 Å². The van der Waals surface area contributed by atoms with Gasteiger partial charge in [-0.2, -0.15) is 0 Å². The molecule has 0 atom stereocenters. The van der Waals surface area contributed by atoms with Gasteiger partial charge in [-0.25, -0.2) is 8.78 Å².